The molecule has 37 heavy (non-hydrogen) atoms. The van der Waals surface area contributed by atoms with E-state index in [1.807, 2.05) is 0 Å². The van der Waals surface area contributed by atoms with E-state index in [0.29, 0.717) is 17.9 Å². The van der Waals surface area contributed by atoms with E-state index in [0.717, 1.165) is 12.1 Å². The summed E-state index contributed by atoms with van der Waals surface area (Å²) in [5.41, 5.74) is -0.335. The summed E-state index contributed by atoms with van der Waals surface area (Å²) in [6.45, 7) is 7.10. The van der Waals surface area contributed by atoms with E-state index in [2.05, 4.69) is 15.1 Å². The smallest absolute Gasteiger partial charge is 0.272 e. The molecule has 0 spiro atoms. The number of aromatic nitrogens is 2. The number of nitrogens with zero attached hydrogens (tertiary/aromatic N) is 3. The average molecular weight is 532 g/mol. The van der Waals surface area contributed by atoms with Crippen LogP contribution >= 0.6 is 0 Å². The molecule has 2 N–H and O–H groups in total. The number of nitrogens with one attached hydrogen (secondary N) is 2. The lowest BCUT2D eigenvalue weighted by atomic mass is 10.1. The number of amides is 1. The van der Waals surface area contributed by atoms with Crippen LogP contribution in [0, 0.1) is 17.0 Å². The predicted molar refractivity (Wildman–Crippen MR) is 136 cm³/mol. The molecule has 0 fully saturated rings. The standard InChI is InChI=1S/C24H29N5O7S/c1-16-21(22(30)25-13-14-35-5)26-28(17-9-7-6-8-10-17)23(16)36-19-12-11-18(29(31)32)15-20(19)37(33,34)27-24(2,3)4/h6-12,15,27H,13-14H2,1-5H3,(H,25,30). The van der Waals surface area contributed by atoms with Gasteiger partial charge in [0, 0.05) is 36.9 Å². The zero-order chi connectivity index (χ0) is 27.4. The summed E-state index contributed by atoms with van der Waals surface area (Å²) >= 11 is 0. The normalized spacial score (nSPS) is 11.8. The van der Waals surface area contributed by atoms with E-state index in [-0.39, 0.29) is 23.9 Å². The van der Waals surface area contributed by atoms with E-state index in [1.165, 1.54) is 17.9 Å². The van der Waals surface area contributed by atoms with Crippen LogP contribution in [0.15, 0.2) is 53.4 Å². The molecule has 0 saturated carbocycles. The van der Waals surface area contributed by atoms with Crippen molar-refractivity contribution in [1.82, 2.24) is 19.8 Å². The SMILES string of the molecule is COCCNC(=O)c1nn(-c2ccccc2)c(Oc2ccc([N+](=O)[O-])cc2S(=O)(=O)NC(C)(C)C)c1C. The van der Waals surface area contributed by atoms with Gasteiger partial charge >= 0.3 is 0 Å². The fourth-order valence-electron chi connectivity index (χ4n) is 3.38. The molecule has 0 saturated heterocycles. The molecule has 0 unspecified atom stereocenters. The number of carbonyl (C=O) groups is 1. The third-order valence-electron chi connectivity index (χ3n) is 4.95. The van der Waals surface area contributed by atoms with Gasteiger partial charge in [0.2, 0.25) is 15.9 Å². The molecule has 1 amide bonds. The zero-order valence-corrected chi connectivity index (χ0v) is 22.0. The summed E-state index contributed by atoms with van der Waals surface area (Å²) in [6, 6.07) is 12.1. The van der Waals surface area contributed by atoms with Gasteiger partial charge < -0.3 is 14.8 Å². The molecule has 2 aromatic carbocycles. The van der Waals surface area contributed by atoms with E-state index in [4.69, 9.17) is 9.47 Å². The summed E-state index contributed by atoms with van der Waals surface area (Å²) in [5, 5.41) is 18.5. The Morgan fingerprint density at radius 1 is 1.16 bits per heavy atom. The molecule has 3 aromatic rings. The molecular formula is C24H29N5O7S. The first-order chi connectivity index (χ1) is 17.3. The van der Waals surface area contributed by atoms with Gasteiger partial charge in [-0.1, -0.05) is 18.2 Å². The van der Waals surface area contributed by atoms with Gasteiger partial charge in [-0.25, -0.2) is 13.1 Å². The van der Waals surface area contributed by atoms with E-state index < -0.39 is 37.0 Å². The van der Waals surface area contributed by atoms with Crippen LogP contribution in [0.2, 0.25) is 0 Å². The molecule has 12 nitrogen and oxygen atoms in total. The van der Waals surface area contributed by atoms with Gasteiger partial charge in [0.1, 0.15) is 10.6 Å². The highest BCUT2D eigenvalue weighted by molar-refractivity contribution is 7.89. The monoisotopic (exact) mass is 531 g/mol. The first kappa shape index (κ1) is 27.8. The highest BCUT2D eigenvalue weighted by Gasteiger charge is 2.30. The lowest BCUT2D eigenvalue weighted by Crippen LogP contribution is -2.40. The number of sulfonamides is 1. The number of methoxy groups -OCH3 is 1. The Morgan fingerprint density at radius 2 is 1.84 bits per heavy atom. The molecule has 0 aliphatic heterocycles. The lowest BCUT2D eigenvalue weighted by Gasteiger charge is -2.21. The molecule has 1 aromatic heterocycles. The minimum atomic E-state index is -4.24. The minimum absolute atomic E-state index is 0.0640. The number of carbonyl (C=O) groups excluding carboxylic acids is 1. The average Bonchev–Trinajstić information content (AvgIpc) is 3.14. The second-order valence-corrected chi connectivity index (χ2v) is 10.8. The molecule has 0 bridgehead atoms. The molecule has 198 valence electrons. The maximum absolute atomic E-state index is 13.2. The van der Waals surface area contributed by atoms with Crippen molar-refractivity contribution in [2.24, 2.45) is 0 Å². The number of nitro benzene ring substituents is 1. The van der Waals surface area contributed by atoms with Gasteiger partial charge in [0.05, 0.1) is 17.2 Å². The van der Waals surface area contributed by atoms with Crippen molar-refractivity contribution in [3.05, 3.63) is 69.9 Å². The third kappa shape index (κ3) is 6.70. The fourth-order valence-corrected chi connectivity index (χ4v) is 4.94. The summed E-state index contributed by atoms with van der Waals surface area (Å²) in [6.07, 6.45) is 0. The minimum Gasteiger partial charge on any atom is -0.437 e. The quantitative estimate of drug-likeness (QED) is 0.229. The van der Waals surface area contributed by atoms with Crippen molar-refractivity contribution in [2.75, 3.05) is 20.3 Å². The van der Waals surface area contributed by atoms with Crippen LogP contribution in [-0.4, -0.2) is 54.8 Å². The zero-order valence-electron chi connectivity index (χ0n) is 21.1. The molecule has 13 heteroatoms. The van der Waals surface area contributed by atoms with Crippen LogP contribution < -0.4 is 14.8 Å². The van der Waals surface area contributed by atoms with Crippen LogP contribution in [-0.2, 0) is 14.8 Å². The van der Waals surface area contributed by atoms with Crippen LogP contribution in [0.25, 0.3) is 5.69 Å². The maximum Gasteiger partial charge on any atom is 0.272 e. The topological polar surface area (TPSA) is 155 Å². The largest absolute Gasteiger partial charge is 0.437 e. The van der Waals surface area contributed by atoms with Crippen molar-refractivity contribution >= 4 is 21.6 Å². The molecule has 0 radical (unpaired) electrons. The van der Waals surface area contributed by atoms with Crippen molar-refractivity contribution in [3.63, 3.8) is 0 Å². The van der Waals surface area contributed by atoms with E-state index in [9.17, 15) is 23.3 Å². The fraction of sp³-hybridized carbons (Fsp3) is 0.333. The summed E-state index contributed by atoms with van der Waals surface area (Å²) in [7, 11) is -2.73. The summed E-state index contributed by atoms with van der Waals surface area (Å²) in [4.78, 5) is 23.1. The first-order valence-corrected chi connectivity index (χ1v) is 12.7. The van der Waals surface area contributed by atoms with Gasteiger partial charge in [-0.15, -0.1) is 0 Å². The molecule has 0 atom stereocenters. The van der Waals surface area contributed by atoms with Gasteiger partial charge in [0.25, 0.3) is 11.6 Å². The van der Waals surface area contributed by atoms with Crippen LogP contribution in [0.3, 0.4) is 0 Å². The summed E-state index contributed by atoms with van der Waals surface area (Å²) in [5.74, 6) is -0.571. The highest BCUT2D eigenvalue weighted by atomic mass is 32.2. The van der Waals surface area contributed by atoms with Gasteiger partial charge in [-0.3, -0.25) is 14.9 Å². The Bertz CT molecular complexity index is 1400. The van der Waals surface area contributed by atoms with Gasteiger partial charge in [-0.2, -0.15) is 9.78 Å². The van der Waals surface area contributed by atoms with Crippen molar-refractivity contribution in [3.8, 4) is 17.3 Å². The molecule has 0 aliphatic rings. The highest BCUT2D eigenvalue weighted by Crippen LogP contribution is 2.36. The van der Waals surface area contributed by atoms with Crippen LogP contribution in [0.4, 0.5) is 5.69 Å². The number of benzene rings is 2. The van der Waals surface area contributed by atoms with Crippen molar-refractivity contribution < 1.29 is 27.6 Å². The van der Waals surface area contributed by atoms with E-state index >= 15 is 0 Å². The second kappa shape index (κ2) is 11.1. The Morgan fingerprint density at radius 3 is 2.43 bits per heavy atom. The summed E-state index contributed by atoms with van der Waals surface area (Å²) < 4.78 is 41.3. The van der Waals surface area contributed by atoms with Gasteiger partial charge in [0.15, 0.2) is 5.69 Å². The molecule has 3 rings (SSSR count). The van der Waals surface area contributed by atoms with Crippen molar-refractivity contribution in [1.29, 1.82) is 0 Å². The first-order valence-electron chi connectivity index (χ1n) is 11.3. The number of ether oxygens (including phenoxy) is 2. The van der Waals surface area contributed by atoms with Crippen molar-refractivity contribution in [2.45, 2.75) is 38.1 Å². The number of rotatable bonds is 10. The number of hydrogen-bond donors (Lipinski definition) is 2. The second-order valence-electron chi connectivity index (χ2n) is 9.12. The van der Waals surface area contributed by atoms with Crippen LogP contribution in [0.5, 0.6) is 11.6 Å². The predicted octanol–water partition coefficient (Wildman–Crippen LogP) is 3.33. The molecule has 0 aliphatic carbocycles. The van der Waals surface area contributed by atoms with Crippen LogP contribution in [0.1, 0.15) is 36.8 Å². The van der Waals surface area contributed by atoms with E-state index in [1.54, 1.807) is 58.0 Å². The maximum atomic E-state index is 13.2. The molecule has 1 heterocycles. The third-order valence-corrected chi connectivity index (χ3v) is 6.73. The number of para-hydroxylation sites is 1. The van der Waals surface area contributed by atoms with Gasteiger partial charge in [-0.05, 0) is 45.9 Å². The number of non-ortho nitro benzene ring substituents is 1. The Balaban J connectivity index is 2.16. The lowest BCUT2D eigenvalue weighted by molar-refractivity contribution is -0.385. The Hall–Kier alpha value is -3.81. The Kier molecular flexibility index (Phi) is 8.31. The Labute approximate surface area is 214 Å². The number of hydrogen-bond acceptors (Lipinski definition) is 8. The molecular weight excluding hydrogens is 502 g/mol. The number of nitro groups is 1.